The predicted molar refractivity (Wildman–Crippen MR) is 61.8 cm³/mol. The first-order valence-corrected chi connectivity index (χ1v) is 4.87. The third-order valence-electron chi connectivity index (χ3n) is 2.08. The van der Waals surface area contributed by atoms with E-state index in [1.165, 1.54) is 26.4 Å². The fourth-order valence-electron chi connectivity index (χ4n) is 1.20. The lowest BCUT2D eigenvalue weighted by atomic mass is 10.2. The maximum atomic E-state index is 11.6. The molecule has 0 spiro atoms. The maximum absolute atomic E-state index is 11.6. The molecule has 6 heteroatoms. The number of carbonyl (C=O) groups is 2. The molecule has 1 N–H and O–H groups in total. The molecule has 0 saturated heterocycles. The molecule has 0 atom stereocenters. The van der Waals surface area contributed by atoms with Gasteiger partial charge >= 0.3 is 11.9 Å². The Morgan fingerprint density at radius 3 is 2.11 bits per heavy atom. The Balaban J connectivity index is 3.13. The summed E-state index contributed by atoms with van der Waals surface area (Å²) >= 11 is 0. The summed E-state index contributed by atoms with van der Waals surface area (Å²) in [7, 11) is 2.64. The summed E-state index contributed by atoms with van der Waals surface area (Å²) < 4.78 is 14.2. The van der Waals surface area contributed by atoms with Crippen molar-refractivity contribution < 1.29 is 28.9 Å². The zero-order chi connectivity index (χ0) is 13.7. The number of hydrogen-bond donors (Lipinski definition) is 1. The van der Waals surface area contributed by atoms with E-state index in [2.05, 4.69) is 11.3 Å². The first-order valence-electron chi connectivity index (χ1n) is 4.87. The van der Waals surface area contributed by atoms with Crippen molar-refractivity contribution in [2.75, 3.05) is 14.2 Å². The van der Waals surface area contributed by atoms with Crippen LogP contribution in [-0.4, -0.2) is 31.3 Å². The van der Waals surface area contributed by atoms with E-state index >= 15 is 0 Å². The molecule has 1 aromatic carbocycles. The molecular weight excluding hydrogens is 240 g/mol. The highest BCUT2D eigenvalue weighted by atomic mass is 16.6. The highest BCUT2D eigenvalue weighted by Gasteiger charge is 2.17. The average Bonchev–Trinajstić information content (AvgIpc) is 2.38. The van der Waals surface area contributed by atoms with E-state index in [1.807, 2.05) is 0 Å². The summed E-state index contributed by atoms with van der Waals surface area (Å²) in [5.41, 5.74) is 0.0108. The van der Waals surface area contributed by atoms with Crippen molar-refractivity contribution in [3.05, 3.63) is 30.4 Å². The van der Waals surface area contributed by atoms with Gasteiger partial charge in [0.2, 0.25) is 5.75 Å². The SMILES string of the molecule is C=CC(=O)OC(=O)c1cc(OC)c(O)c(OC)c1. The molecule has 0 radical (unpaired) electrons. The van der Waals surface area contributed by atoms with E-state index < -0.39 is 11.9 Å². The number of rotatable bonds is 4. The smallest absolute Gasteiger partial charge is 0.346 e. The van der Waals surface area contributed by atoms with Gasteiger partial charge in [-0.3, -0.25) is 0 Å². The molecule has 0 aromatic heterocycles. The lowest BCUT2D eigenvalue weighted by Crippen LogP contribution is -2.10. The van der Waals surface area contributed by atoms with Gasteiger partial charge in [0, 0.05) is 6.08 Å². The summed E-state index contributed by atoms with van der Waals surface area (Å²) in [6.45, 7) is 3.17. The van der Waals surface area contributed by atoms with E-state index in [4.69, 9.17) is 9.47 Å². The highest BCUT2D eigenvalue weighted by molar-refractivity contribution is 6.00. The lowest BCUT2D eigenvalue weighted by Gasteiger charge is -2.10. The molecule has 0 unspecified atom stereocenters. The maximum Gasteiger partial charge on any atom is 0.346 e. The van der Waals surface area contributed by atoms with Crippen molar-refractivity contribution >= 4 is 11.9 Å². The number of phenols is 1. The van der Waals surface area contributed by atoms with Crippen LogP contribution in [0.15, 0.2) is 24.8 Å². The van der Waals surface area contributed by atoms with Crippen molar-refractivity contribution in [2.45, 2.75) is 0 Å². The lowest BCUT2D eigenvalue weighted by molar-refractivity contribution is -0.132. The second-order valence-corrected chi connectivity index (χ2v) is 3.14. The van der Waals surface area contributed by atoms with Crippen molar-refractivity contribution in [3.63, 3.8) is 0 Å². The van der Waals surface area contributed by atoms with Gasteiger partial charge in [-0.05, 0) is 12.1 Å². The van der Waals surface area contributed by atoms with Crippen LogP contribution in [0, 0.1) is 0 Å². The Morgan fingerprint density at radius 2 is 1.72 bits per heavy atom. The summed E-state index contributed by atoms with van der Waals surface area (Å²) in [5.74, 6) is -1.94. The Kier molecular flexibility index (Phi) is 4.31. The number of carbonyl (C=O) groups excluding carboxylic acids is 2. The Morgan fingerprint density at radius 1 is 1.22 bits per heavy atom. The van der Waals surface area contributed by atoms with E-state index in [0.29, 0.717) is 0 Å². The van der Waals surface area contributed by atoms with Crippen LogP contribution in [0.5, 0.6) is 17.2 Å². The van der Waals surface area contributed by atoms with Crippen molar-refractivity contribution in [1.82, 2.24) is 0 Å². The molecule has 0 aliphatic rings. The van der Waals surface area contributed by atoms with Crippen LogP contribution in [-0.2, 0) is 9.53 Å². The minimum Gasteiger partial charge on any atom is -0.502 e. The molecule has 0 aliphatic carbocycles. The van der Waals surface area contributed by atoms with Gasteiger partial charge in [-0.1, -0.05) is 6.58 Å². The van der Waals surface area contributed by atoms with Gasteiger partial charge in [-0.25, -0.2) is 9.59 Å². The first-order chi connectivity index (χ1) is 8.53. The van der Waals surface area contributed by atoms with Crippen molar-refractivity contribution in [2.24, 2.45) is 0 Å². The molecule has 0 bridgehead atoms. The zero-order valence-corrected chi connectivity index (χ0v) is 9.93. The second-order valence-electron chi connectivity index (χ2n) is 3.14. The normalized spacial score (nSPS) is 9.44. The van der Waals surface area contributed by atoms with Crippen LogP contribution in [0.1, 0.15) is 10.4 Å². The zero-order valence-electron chi connectivity index (χ0n) is 9.93. The molecule has 96 valence electrons. The molecule has 1 rings (SSSR count). The summed E-state index contributed by atoms with van der Waals surface area (Å²) in [6, 6.07) is 2.47. The largest absolute Gasteiger partial charge is 0.502 e. The fraction of sp³-hybridized carbons (Fsp3) is 0.167. The molecule has 18 heavy (non-hydrogen) atoms. The Labute approximate surface area is 103 Å². The highest BCUT2D eigenvalue weighted by Crippen LogP contribution is 2.37. The van der Waals surface area contributed by atoms with Crippen LogP contribution in [0.25, 0.3) is 0 Å². The van der Waals surface area contributed by atoms with Crippen LogP contribution in [0.4, 0.5) is 0 Å². The van der Waals surface area contributed by atoms with Crippen LogP contribution in [0.2, 0.25) is 0 Å². The Hall–Kier alpha value is -2.50. The minimum absolute atomic E-state index is 0.0108. The van der Waals surface area contributed by atoms with Gasteiger partial charge < -0.3 is 19.3 Å². The molecule has 6 nitrogen and oxygen atoms in total. The number of benzene rings is 1. The molecule has 0 heterocycles. The molecule has 0 saturated carbocycles. The summed E-state index contributed by atoms with van der Waals surface area (Å²) in [4.78, 5) is 22.5. The van der Waals surface area contributed by atoms with E-state index in [1.54, 1.807) is 0 Å². The fourth-order valence-corrected chi connectivity index (χ4v) is 1.20. The van der Waals surface area contributed by atoms with E-state index in [0.717, 1.165) is 6.08 Å². The second kappa shape index (κ2) is 5.72. The first kappa shape index (κ1) is 13.6. The average molecular weight is 252 g/mol. The molecule has 0 aliphatic heterocycles. The number of methoxy groups -OCH3 is 2. The number of esters is 2. The number of hydrogen-bond acceptors (Lipinski definition) is 6. The van der Waals surface area contributed by atoms with Crippen molar-refractivity contribution in [3.8, 4) is 17.2 Å². The summed E-state index contributed by atoms with van der Waals surface area (Å²) in [5, 5.41) is 9.64. The number of ether oxygens (including phenoxy) is 3. The van der Waals surface area contributed by atoms with E-state index in [-0.39, 0.29) is 22.8 Å². The van der Waals surface area contributed by atoms with E-state index in [9.17, 15) is 14.7 Å². The van der Waals surface area contributed by atoms with Gasteiger partial charge in [0.25, 0.3) is 0 Å². The van der Waals surface area contributed by atoms with Gasteiger partial charge in [0.1, 0.15) is 0 Å². The van der Waals surface area contributed by atoms with Gasteiger partial charge in [-0.2, -0.15) is 0 Å². The monoisotopic (exact) mass is 252 g/mol. The molecule has 1 aromatic rings. The van der Waals surface area contributed by atoms with Crippen LogP contribution in [0.3, 0.4) is 0 Å². The van der Waals surface area contributed by atoms with Gasteiger partial charge in [-0.15, -0.1) is 0 Å². The Bertz CT molecular complexity index is 466. The van der Waals surface area contributed by atoms with Crippen LogP contribution >= 0.6 is 0 Å². The predicted octanol–water partition coefficient (Wildman–Crippen LogP) is 1.28. The quantitative estimate of drug-likeness (QED) is 0.494. The topological polar surface area (TPSA) is 82.1 Å². The molecule has 0 amide bonds. The minimum atomic E-state index is -0.892. The van der Waals surface area contributed by atoms with Crippen LogP contribution < -0.4 is 9.47 Å². The third kappa shape index (κ3) is 2.79. The number of phenolic OH excluding ortho intramolecular Hbond substituents is 1. The van der Waals surface area contributed by atoms with Gasteiger partial charge in [0.15, 0.2) is 11.5 Å². The number of aromatic hydroxyl groups is 1. The van der Waals surface area contributed by atoms with Crippen molar-refractivity contribution in [1.29, 1.82) is 0 Å². The standard InChI is InChI=1S/C12H12O6/c1-4-10(13)18-12(15)7-5-8(16-2)11(14)9(6-7)17-3/h4-6,14H,1H2,2-3H3. The molecule has 0 fully saturated rings. The summed E-state index contributed by atoms with van der Waals surface area (Å²) in [6.07, 6.45) is 0.868. The third-order valence-corrected chi connectivity index (χ3v) is 2.08. The van der Waals surface area contributed by atoms with Gasteiger partial charge in [0.05, 0.1) is 19.8 Å². The molecular formula is C12H12O6.